The molecule has 1 saturated heterocycles. The molecule has 1 spiro atoms. The molecule has 0 N–H and O–H groups in total. The van der Waals surface area contributed by atoms with Gasteiger partial charge in [-0.1, -0.05) is 18.2 Å². The zero-order valence-electron chi connectivity index (χ0n) is 23.5. The van der Waals surface area contributed by atoms with Gasteiger partial charge in [-0.3, -0.25) is 9.78 Å². The molecule has 42 heavy (non-hydrogen) atoms. The van der Waals surface area contributed by atoms with Gasteiger partial charge in [0.1, 0.15) is 28.3 Å². The maximum atomic E-state index is 13.5. The van der Waals surface area contributed by atoms with Crippen molar-refractivity contribution in [3.05, 3.63) is 83.3 Å². The quantitative estimate of drug-likeness (QED) is 0.322. The fraction of sp³-hybridized carbons (Fsp3) is 0.281. The van der Waals surface area contributed by atoms with Crippen LogP contribution >= 0.6 is 0 Å². The molecule has 0 bridgehead atoms. The summed E-state index contributed by atoms with van der Waals surface area (Å²) in [5, 5.41) is 0.759. The van der Waals surface area contributed by atoms with Crippen LogP contribution in [0.15, 0.2) is 60.9 Å². The largest absolute Gasteiger partial charge is 0.496 e. The Morgan fingerprint density at radius 3 is 2.45 bits per heavy atom. The highest BCUT2D eigenvalue weighted by atomic mass is 16.6. The number of esters is 2. The number of rotatable bonds is 5. The highest BCUT2D eigenvalue weighted by Gasteiger charge is 2.44. The van der Waals surface area contributed by atoms with E-state index in [-0.39, 0.29) is 11.6 Å². The molecule has 2 aliphatic heterocycles. The van der Waals surface area contributed by atoms with Gasteiger partial charge in [0.05, 0.1) is 32.5 Å². The molecule has 6 rings (SSSR count). The number of aromatic nitrogens is 2. The van der Waals surface area contributed by atoms with Gasteiger partial charge in [-0.2, -0.15) is 0 Å². The molecule has 214 valence electrons. The Labute approximate surface area is 242 Å². The summed E-state index contributed by atoms with van der Waals surface area (Å²) in [6, 6.07) is 14.5. The Morgan fingerprint density at radius 1 is 0.929 bits per heavy atom. The zero-order valence-corrected chi connectivity index (χ0v) is 23.5. The van der Waals surface area contributed by atoms with Gasteiger partial charge in [-0.05, 0) is 35.4 Å². The van der Waals surface area contributed by atoms with E-state index >= 15 is 0 Å². The predicted molar refractivity (Wildman–Crippen MR) is 153 cm³/mol. The van der Waals surface area contributed by atoms with Crippen molar-refractivity contribution < 1.29 is 33.3 Å². The Morgan fingerprint density at radius 2 is 1.71 bits per heavy atom. The lowest BCUT2D eigenvalue weighted by atomic mass is 9.81. The first-order chi connectivity index (χ1) is 20.3. The molecular formula is C32H29N3O7. The average molecular weight is 568 g/mol. The number of benzene rings is 2. The van der Waals surface area contributed by atoms with E-state index in [0.29, 0.717) is 66.1 Å². The average Bonchev–Trinajstić information content (AvgIpc) is 3.03. The number of nitrogens with zero attached hydrogens (tertiary/aromatic N) is 3. The van der Waals surface area contributed by atoms with Gasteiger partial charge in [0.25, 0.3) is 5.91 Å². The monoisotopic (exact) mass is 567 g/mol. The molecule has 0 radical (unpaired) electrons. The van der Waals surface area contributed by atoms with Crippen LogP contribution in [0.25, 0.3) is 22.0 Å². The third kappa shape index (κ3) is 4.78. The van der Waals surface area contributed by atoms with Crippen LogP contribution < -0.4 is 9.47 Å². The second kappa shape index (κ2) is 10.8. The summed E-state index contributed by atoms with van der Waals surface area (Å²) in [6.45, 7) is 0.832. The van der Waals surface area contributed by atoms with E-state index < -0.39 is 17.5 Å². The Bertz CT molecular complexity index is 1730. The van der Waals surface area contributed by atoms with Crippen LogP contribution in [0.4, 0.5) is 0 Å². The summed E-state index contributed by atoms with van der Waals surface area (Å²) in [6.07, 6.45) is 4.63. The molecule has 4 heterocycles. The molecule has 2 aromatic carbocycles. The molecule has 0 unspecified atom stereocenters. The number of carbonyl (C=O) groups excluding carboxylic acids is 3. The van der Waals surface area contributed by atoms with E-state index in [1.165, 1.54) is 13.3 Å². The van der Waals surface area contributed by atoms with Gasteiger partial charge >= 0.3 is 11.9 Å². The van der Waals surface area contributed by atoms with Gasteiger partial charge in [0.2, 0.25) is 0 Å². The molecule has 0 aliphatic carbocycles. The smallest absolute Gasteiger partial charge is 0.339 e. The Hall–Kier alpha value is -4.99. The van der Waals surface area contributed by atoms with Crippen molar-refractivity contribution in [3.63, 3.8) is 0 Å². The lowest BCUT2D eigenvalue weighted by molar-refractivity contribution is -0.0527. The van der Waals surface area contributed by atoms with Gasteiger partial charge in [-0.15, -0.1) is 0 Å². The van der Waals surface area contributed by atoms with Crippen LogP contribution in [-0.4, -0.2) is 72.7 Å². The van der Waals surface area contributed by atoms with Gasteiger partial charge in [-0.25, -0.2) is 14.6 Å². The Balaban J connectivity index is 1.20. The van der Waals surface area contributed by atoms with Crippen molar-refractivity contribution in [2.45, 2.75) is 24.9 Å². The fourth-order valence-corrected chi connectivity index (χ4v) is 5.75. The number of likely N-dealkylation sites (tertiary alicyclic amines) is 1. The lowest BCUT2D eigenvalue weighted by Crippen LogP contribution is -2.52. The van der Waals surface area contributed by atoms with E-state index in [9.17, 15) is 14.4 Å². The maximum Gasteiger partial charge on any atom is 0.339 e. The summed E-state index contributed by atoms with van der Waals surface area (Å²) in [5.74, 6) is -0.000184. The van der Waals surface area contributed by atoms with Crippen molar-refractivity contribution in [1.82, 2.24) is 14.9 Å². The number of hydrogen-bond donors (Lipinski definition) is 0. The number of piperidine rings is 1. The van der Waals surface area contributed by atoms with Gasteiger partial charge in [0.15, 0.2) is 0 Å². The summed E-state index contributed by atoms with van der Waals surface area (Å²) >= 11 is 0. The topological polar surface area (TPSA) is 117 Å². The SMILES string of the molecule is COC(=O)c1cncc(-c2ccc3c(c2)C(=O)OC2(CCN(C(=O)c4cc(OC)c5cccc(OC)c5n4)CC2)C3)c1. The summed E-state index contributed by atoms with van der Waals surface area (Å²) < 4.78 is 21.9. The lowest BCUT2D eigenvalue weighted by Gasteiger charge is -2.43. The molecule has 0 saturated carbocycles. The third-order valence-electron chi connectivity index (χ3n) is 8.03. The van der Waals surface area contributed by atoms with E-state index in [1.807, 2.05) is 24.3 Å². The second-order valence-electron chi connectivity index (χ2n) is 10.4. The normalized spacial score (nSPS) is 15.6. The number of fused-ring (bicyclic) bond motifs is 2. The summed E-state index contributed by atoms with van der Waals surface area (Å²) in [5.41, 5.74) is 3.28. The number of methoxy groups -OCH3 is 3. The van der Waals surface area contributed by atoms with Gasteiger partial charge in [0, 0.05) is 61.8 Å². The first-order valence-electron chi connectivity index (χ1n) is 13.6. The number of para-hydroxylation sites is 1. The van der Waals surface area contributed by atoms with Crippen LogP contribution in [0.3, 0.4) is 0 Å². The van der Waals surface area contributed by atoms with E-state index in [4.69, 9.17) is 18.9 Å². The fourth-order valence-electron chi connectivity index (χ4n) is 5.75. The van der Waals surface area contributed by atoms with Crippen LogP contribution in [0.1, 0.15) is 49.6 Å². The van der Waals surface area contributed by atoms with Crippen molar-refractivity contribution in [3.8, 4) is 22.6 Å². The van der Waals surface area contributed by atoms with E-state index in [2.05, 4.69) is 9.97 Å². The molecule has 10 heteroatoms. The van der Waals surface area contributed by atoms with Crippen LogP contribution in [0, 0.1) is 0 Å². The minimum absolute atomic E-state index is 0.217. The van der Waals surface area contributed by atoms with Crippen molar-refractivity contribution in [2.75, 3.05) is 34.4 Å². The van der Waals surface area contributed by atoms with Crippen molar-refractivity contribution in [2.24, 2.45) is 0 Å². The maximum absolute atomic E-state index is 13.5. The summed E-state index contributed by atoms with van der Waals surface area (Å²) in [4.78, 5) is 49.2. The van der Waals surface area contributed by atoms with Crippen LogP contribution in [0.5, 0.6) is 11.5 Å². The van der Waals surface area contributed by atoms with Crippen LogP contribution in [0.2, 0.25) is 0 Å². The summed E-state index contributed by atoms with van der Waals surface area (Å²) in [7, 11) is 4.43. The molecule has 2 aliphatic rings. The number of amides is 1. The molecular weight excluding hydrogens is 538 g/mol. The minimum atomic E-state index is -0.688. The zero-order chi connectivity index (χ0) is 29.4. The predicted octanol–water partition coefficient (Wildman–Crippen LogP) is 4.49. The number of hydrogen-bond acceptors (Lipinski definition) is 9. The molecule has 1 amide bonds. The second-order valence-corrected chi connectivity index (χ2v) is 10.4. The standard InChI is InChI=1S/C32H29N3O7/c1-39-26-6-4-5-23-27(40-2)15-25(34-28(23)26)29(36)35-11-9-32(10-12-35)16-20-8-7-19(14-24(20)31(38)42-32)21-13-22(18-33-17-21)30(37)41-3/h4-8,13-15,17-18H,9-12,16H2,1-3H3. The van der Waals surface area contributed by atoms with Crippen LogP contribution in [-0.2, 0) is 15.9 Å². The van der Waals surface area contributed by atoms with Crippen molar-refractivity contribution in [1.29, 1.82) is 0 Å². The molecule has 2 aromatic heterocycles. The highest BCUT2D eigenvalue weighted by Crippen LogP contribution is 2.38. The first-order valence-corrected chi connectivity index (χ1v) is 13.6. The molecule has 1 fully saturated rings. The van der Waals surface area contributed by atoms with E-state index in [1.54, 1.807) is 49.6 Å². The number of pyridine rings is 2. The first kappa shape index (κ1) is 27.2. The molecule has 4 aromatic rings. The molecule has 10 nitrogen and oxygen atoms in total. The third-order valence-corrected chi connectivity index (χ3v) is 8.03. The Kier molecular flexibility index (Phi) is 6.97. The van der Waals surface area contributed by atoms with Gasteiger partial charge < -0.3 is 23.8 Å². The molecule has 0 atom stereocenters. The minimum Gasteiger partial charge on any atom is -0.496 e. The number of carbonyl (C=O) groups is 3. The van der Waals surface area contributed by atoms with E-state index in [0.717, 1.165) is 16.5 Å². The van der Waals surface area contributed by atoms with Crippen molar-refractivity contribution >= 4 is 28.7 Å². The highest BCUT2D eigenvalue weighted by molar-refractivity contribution is 5.99. The number of ether oxygens (including phenoxy) is 4.